The maximum absolute atomic E-state index is 12.1. The first-order valence-corrected chi connectivity index (χ1v) is 9.92. The minimum Gasteiger partial charge on any atom is -0.355 e. The summed E-state index contributed by atoms with van der Waals surface area (Å²) >= 11 is 5.83. The lowest BCUT2D eigenvalue weighted by molar-refractivity contribution is -0.121. The topological polar surface area (TPSA) is 79.4 Å². The molecule has 2 rings (SSSR count). The summed E-state index contributed by atoms with van der Waals surface area (Å²) in [5.74, 6) is -0.344. The van der Waals surface area contributed by atoms with Crippen LogP contribution >= 0.6 is 11.6 Å². The summed E-state index contributed by atoms with van der Waals surface area (Å²) in [6, 6.07) is 10.8. The van der Waals surface area contributed by atoms with Gasteiger partial charge in [0.2, 0.25) is 15.9 Å². The largest absolute Gasteiger partial charge is 0.355 e. The molecule has 8 heteroatoms. The lowest BCUT2D eigenvalue weighted by Crippen LogP contribution is -2.40. The first kappa shape index (κ1) is 19.4. The van der Waals surface area contributed by atoms with Crippen LogP contribution in [0.2, 0.25) is 5.02 Å². The number of nitrogens with zero attached hydrogens (tertiary/aromatic N) is 2. The third-order valence-electron chi connectivity index (χ3n) is 3.52. The van der Waals surface area contributed by atoms with Crippen LogP contribution in [0.15, 0.2) is 48.8 Å². The Labute approximate surface area is 152 Å². The summed E-state index contributed by atoms with van der Waals surface area (Å²) in [6.07, 6.45) is 4.92. The quantitative estimate of drug-likeness (QED) is 0.756. The fourth-order valence-corrected chi connectivity index (χ4v) is 3.06. The molecule has 0 aliphatic rings. The van der Waals surface area contributed by atoms with Crippen molar-refractivity contribution in [3.05, 3.63) is 64.9 Å². The number of amides is 1. The number of aromatic nitrogens is 1. The molecular formula is C17H20ClN3O3S. The Morgan fingerprint density at radius 2 is 1.92 bits per heavy atom. The van der Waals surface area contributed by atoms with Gasteiger partial charge in [0.15, 0.2) is 0 Å². The van der Waals surface area contributed by atoms with E-state index >= 15 is 0 Å². The minimum absolute atomic E-state index is 0.108. The molecule has 1 aromatic heterocycles. The predicted octanol–water partition coefficient (Wildman–Crippen LogP) is 1.86. The van der Waals surface area contributed by atoms with E-state index in [0.717, 1.165) is 21.7 Å². The van der Waals surface area contributed by atoms with Crippen LogP contribution in [0.3, 0.4) is 0 Å². The molecule has 0 bridgehead atoms. The van der Waals surface area contributed by atoms with Gasteiger partial charge < -0.3 is 5.32 Å². The zero-order valence-electron chi connectivity index (χ0n) is 13.9. The lowest BCUT2D eigenvalue weighted by Gasteiger charge is -2.19. The molecule has 6 nitrogen and oxygen atoms in total. The van der Waals surface area contributed by atoms with Crippen molar-refractivity contribution in [3.63, 3.8) is 0 Å². The Morgan fingerprint density at radius 3 is 2.52 bits per heavy atom. The van der Waals surface area contributed by atoms with Gasteiger partial charge in [-0.2, -0.15) is 4.31 Å². The van der Waals surface area contributed by atoms with E-state index in [1.807, 2.05) is 12.1 Å². The average Bonchev–Trinajstić information content (AvgIpc) is 2.56. The number of pyridine rings is 1. The molecule has 134 valence electrons. The molecule has 25 heavy (non-hydrogen) atoms. The highest BCUT2D eigenvalue weighted by Crippen LogP contribution is 2.10. The Kier molecular flexibility index (Phi) is 6.92. The standard InChI is InChI=1S/C17H20ClN3O3S/c1-25(23,24)21(12-15-3-2-9-19-11-15)13-17(22)20-10-8-14-4-6-16(18)7-5-14/h2-7,9,11H,8,10,12-13H2,1H3,(H,20,22). The van der Waals surface area contributed by atoms with Gasteiger partial charge in [0.1, 0.15) is 0 Å². The van der Waals surface area contributed by atoms with Crippen LogP contribution in [0.5, 0.6) is 0 Å². The number of carbonyl (C=O) groups excluding carboxylic acids is 1. The molecule has 0 fully saturated rings. The highest BCUT2D eigenvalue weighted by Gasteiger charge is 2.20. The molecule has 0 spiro atoms. The van der Waals surface area contributed by atoms with Crippen LogP contribution in [0.4, 0.5) is 0 Å². The summed E-state index contributed by atoms with van der Waals surface area (Å²) in [5.41, 5.74) is 1.77. The van der Waals surface area contributed by atoms with Gasteiger partial charge >= 0.3 is 0 Å². The monoisotopic (exact) mass is 381 g/mol. The molecular weight excluding hydrogens is 362 g/mol. The van der Waals surface area contributed by atoms with E-state index in [9.17, 15) is 13.2 Å². The minimum atomic E-state index is -3.51. The number of carbonyl (C=O) groups is 1. The van der Waals surface area contributed by atoms with Crippen molar-refractivity contribution >= 4 is 27.5 Å². The highest BCUT2D eigenvalue weighted by atomic mass is 35.5. The number of rotatable bonds is 8. The second-order valence-electron chi connectivity index (χ2n) is 5.62. The summed E-state index contributed by atoms with van der Waals surface area (Å²) < 4.78 is 24.9. The molecule has 1 amide bonds. The van der Waals surface area contributed by atoms with Gasteiger partial charge in [0.25, 0.3) is 0 Å². The van der Waals surface area contributed by atoms with Crippen molar-refractivity contribution in [2.24, 2.45) is 0 Å². The predicted molar refractivity (Wildman–Crippen MR) is 97.7 cm³/mol. The molecule has 0 radical (unpaired) electrons. The number of halogens is 1. The average molecular weight is 382 g/mol. The van der Waals surface area contributed by atoms with Crippen molar-refractivity contribution in [2.75, 3.05) is 19.3 Å². The number of benzene rings is 1. The number of hydrogen-bond acceptors (Lipinski definition) is 4. The van der Waals surface area contributed by atoms with Crippen LogP contribution in [-0.2, 0) is 27.8 Å². The van der Waals surface area contributed by atoms with Gasteiger partial charge in [-0.05, 0) is 35.7 Å². The Balaban J connectivity index is 1.87. The number of hydrogen-bond donors (Lipinski definition) is 1. The maximum Gasteiger partial charge on any atom is 0.235 e. The van der Waals surface area contributed by atoms with Gasteiger partial charge in [-0.3, -0.25) is 9.78 Å². The first-order chi connectivity index (χ1) is 11.8. The van der Waals surface area contributed by atoms with E-state index in [1.54, 1.807) is 36.7 Å². The van der Waals surface area contributed by atoms with E-state index in [4.69, 9.17) is 11.6 Å². The van der Waals surface area contributed by atoms with E-state index in [0.29, 0.717) is 18.0 Å². The Bertz CT molecular complexity index is 796. The van der Waals surface area contributed by atoms with Gasteiger partial charge in [-0.15, -0.1) is 0 Å². The highest BCUT2D eigenvalue weighted by molar-refractivity contribution is 7.88. The van der Waals surface area contributed by atoms with Crippen molar-refractivity contribution in [1.82, 2.24) is 14.6 Å². The molecule has 0 saturated heterocycles. The summed E-state index contributed by atoms with van der Waals surface area (Å²) in [5, 5.41) is 3.40. The van der Waals surface area contributed by atoms with Crippen LogP contribution in [0.1, 0.15) is 11.1 Å². The third kappa shape index (κ3) is 6.81. The van der Waals surface area contributed by atoms with Crippen molar-refractivity contribution in [1.29, 1.82) is 0 Å². The zero-order chi connectivity index (χ0) is 18.3. The summed E-state index contributed by atoms with van der Waals surface area (Å²) in [4.78, 5) is 16.0. The molecule has 0 aliphatic carbocycles. The molecule has 0 atom stereocenters. The van der Waals surface area contributed by atoms with Crippen molar-refractivity contribution in [3.8, 4) is 0 Å². The Morgan fingerprint density at radius 1 is 1.20 bits per heavy atom. The van der Waals surface area contributed by atoms with Crippen LogP contribution in [0, 0.1) is 0 Å². The van der Waals surface area contributed by atoms with Crippen LogP contribution < -0.4 is 5.32 Å². The fraction of sp³-hybridized carbons (Fsp3) is 0.294. The second kappa shape index (κ2) is 8.94. The van der Waals surface area contributed by atoms with Crippen LogP contribution in [0.25, 0.3) is 0 Å². The van der Waals surface area contributed by atoms with E-state index in [1.165, 1.54) is 0 Å². The SMILES string of the molecule is CS(=O)(=O)N(CC(=O)NCCc1ccc(Cl)cc1)Cc1cccnc1. The first-order valence-electron chi connectivity index (χ1n) is 7.70. The normalized spacial score (nSPS) is 11.5. The molecule has 1 N–H and O–H groups in total. The van der Waals surface area contributed by atoms with Crippen LogP contribution in [-0.4, -0.2) is 43.0 Å². The fourth-order valence-electron chi connectivity index (χ4n) is 2.20. The molecule has 0 saturated carbocycles. The smallest absolute Gasteiger partial charge is 0.235 e. The molecule has 0 aliphatic heterocycles. The lowest BCUT2D eigenvalue weighted by atomic mass is 10.1. The summed E-state index contributed by atoms with van der Waals surface area (Å²) in [7, 11) is -3.51. The van der Waals surface area contributed by atoms with Gasteiger partial charge in [0, 0.05) is 30.5 Å². The molecule has 1 aromatic carbocycles. The second-order valence-corrected chi connectivity index (χ2v) is 8.04. The number of nitrogens with one attached hydrogen (secondary N) is 1. The van der Waals surface area contributed by atoms with Gasteiger partial charge in [0.05, 0.1) is 12.8 Å². The van der Waals surface area contributed by atoms with E-state index in [-0.39, 0.29) is 19.0 Å². The zero-order valence-corrected chi connectivity index (χ0v) is 15.4. The van der Waals surface area contributed by atoms with E-state index in [2.05, 4.69) is 10.3 Å². The molecule has 2 aromatic rings. The molecule has 0 unspecified atom stereocenters. The third-order valence-corrected chi connectivity index (χ3v) is 4.97. The molecule has 1 heterocycles. The van der Waals surface area contributed by atoms with Gasteiger partial charge in [-0.1, -0.05) is 29.8 Å². The Hall–Kier alpha value is -1.96. The maximum atomic E-state index is 12.1. The van der Waals surface area contributed by atoms with Crippen molar-refractivity contribution in [2.45, 2.75) is 13.0 Å². The van der Waals surface area contributed by atoms with E-state index < -0.39 is 10.0 Å². The number of sulfonamides is 1. The van der Waals surface area contributed by atoms with Gasteiger partial charge in [-0.25, -0.2) is 8.42 Å². The summed E-state index contributed by atoms with van der Waals surface area (Å²) in [6.45, 7) is 0.302. The van der Waals surface area contributed by atoms with Crippen molar-refractivity contribution < 1.29 is 13.2 Å².